The fourth-order valence-electron chi connectivity index (χ4n) is 11.1. The lowest BCUT2D eigenvalue weighted by atomic mass is 9.75. The molecule has 0 saturated heterocycles. The topological polar surface area (TPSA) is 648 Å². The minimum atomic E-state index is -3.74. The standard InChI is InChI=1S/C82H108N6O42/c1-47(89)113-29-75(30-114-48(2)90,31-115-49(3)91)83-69(107)81(70(108)84-76(32-116-50(4)92,33-117-51(5)93)34-118-52(6)94,71(109)85-77(35-119-53(7)95,36-120-54(8)96)37-121-55(9)97)27-65-19-23-67(24-20-65)68-25-21-66(22-26-68)28-82(72(110)86-78(38-122-56(10)98,39-123-57(11)99)40-124-58(12)100,73(111)87-79(41-125-59(13)101,42-126-60(14)102)43-127-61(15)103)74(112)88-80(44-128-62(16)104,45-129-63(17)105)46-130-64(18)106/h19-26H,27-46H2,1-18H3,(H,83,107)(H,84,108)(H,85,109)(H,86,110)(H,87,111)(H,88,112). The minimum absolute atomic E-state index is 0.0665. The maximum Gasteiger partial charge on any atom is 0.302 e. The Kier molecular flexibility index (Phi) is 44.3. The first-order valence-electron chi connectivity index (χ1n) is 38.9. The van der Waals surface area contributed by atoms with Crippen molar-refractivity contribution in [1.82, 2.24) is 31.9 Å². The smallest absolute Gasteiger partial charge is 0.302 e. The molecule has 2 aromatic carbocycles. The van der Waals surface area contributed by atoms with Gasteiger partial charge in [-0.05, 0) is 22.3 Å². The summed E-state index contributed by atoms with van der Waals surface area (Å²) in [5.41, 5.74) is -23.6. The van der Waals surface area contributed by atoms with Crippen LogP contribution >= 0.6 is 0 Å². The maximum absolute atomic E-state index is 16.5. The van der Waals surface area contributed by atoms with E-state index in [4.69, 9.17) is 85.3 Å². The molecule has 0 fully saturated rings. The number of benzene rings is 2. The van der Waals surface area contributed by atoms with Gasteiger partial charge in [-0.25, -0.2) is 0 Å². The van der Waals surface area contributed by atoms with E-state index in [0.29, 0.717) is 0 Å². The van der Waals surface area contributed by atoms with Crippen molar-refractivity contribution in [1.29, 1.82) is 0 Å². The maximum atomic E-state index is 16.5. The van der Waals surface area contributed by atoms with Crippen LogP contribution in [0.2, 0.25) is 0 Å². The largest absolute Gasteiger partial charge is 0.463 e. The van der Waals surface area contributed by atoms with E-state index in [1.165, 1.54) is 24.3 Å². The molecule has 0 heterocycles. The van der Waals surface area contributed by atoms with Crippen LogP contribution in [-0.2, 0) is 213 Å². The predicted octanol–water partition coefficient (Wildman–Crippen LogP) is -2.32. The molecule has 2 rings (SSSR count). The fourth-order valence-corrected chi connectivity index (χ4v) is 11.1. The zero-order valence-corrected chi connectivity index (χ0v) is 74.9. The van der Waals surface area contributed by atoms with E-state index in [1.54, 1.807) is 0 Å². The van der Waals surface area contributed by atoms with Gasteiger partial charge < -0.3 is 117 Å². The zero-order valence-electron chi connectivity index (χ0n) is 74.9. The van der Waals surface area contributed by atoms with Crippen LogP contribution in [0.4, 0.5) is 0 Å². The summed E-state index contributed by atoms with van der Waals surface area (Å²) in [6.45, 7) is -5.20. The van der Waals surface area contributed by atoms with Crippen molar-refractivity contribution in [2.75, 3.05) is 119 Å². The molecule has 0 radical (unpaired) electrons. The molecule has 0 aliphatic carbocycles. The van der Waals surface area contributed by atoms with E-state index in [2.05, 4.69) is 31.9 Å². The molecule has 130 heavy (non-hydrogen) atoms. The number of rotatable bonds is 53. The van der Waals surface area contributed by atoms with E-state index in [-0.39, 0.29) is 22.3 Å². The van der Waals surface area contributed by atoms with Gasteiger partial charge in [0.1, 0.15) is 152 Å². The number of nitrogens with one attached hydrogen (secondary N) is 6. The van der Waals surface area contributed by atoms with Crippen LogP contribution in [0.5, 0.6) is 0 Å². The number of hydrogen-bond donors (Lipinski definition) is 6. The fraction of sp³-hybridized carbons (Fsp3) is 0.561. The Morgan fingerprint density at radius 3 is 0.346 bits per heavy atom. The molecule has 0 atom stereocenters. The normalized spacial score (nSPS) is 11.4. The number of carbonyl (C=O) groups excluding carboxylic acids is 24. The molecule has 0 aromatic heterocycles. The molecular weight excluding hydrogens is 1740 g/mol. The lowest BCUT2D eigenvalue weighted by Crippen LogP contribution is -2.72. The summed E-state index contributed by atoms with van der Waals surface area (Å²) in [5, 5.41) is 14.1. The quantitative estimate of drug-likeness (QED) is 0.0230. The van der Waals surface area contributed by atoms with Crippen LogP contribution in [0.25, 0.3) is 11.1 Å². The SMILES string of the molecule is CC(=O)OCC(COC(C)=O)(COC(C)=O)NC(=O)C(Cc1ccc(-c2ccc(CC(C(=O)NC(COC(C)=O)(COC(C)=O)COC(C)=O)(C(=O)NC(COC(C)=O)(COC(C)=O)COC(C)=O)C(=O)NC(COC(C)=O)(COC(C)=O)COC(C)=O)cc2)cc1)(C(=O)NC(COC(C)=O)(COC(C)=O)COC(C)=O)C(=O)NC(COC(C)=O)(COC(C)=O)COC(C)=O. The third-order valence-corrected chi connectivity index (χ3v) is 17.7. The second-order valence-corrected chi connectivity index (χ2v) is 30.0. The number of ether oxygens (including phenoxy) is 18. The van der Waals surface area contributed by atoms with Crippen molar-refractivity contribution in [2.45, 2.75) is 171 Å². The highest BCUT2D eigenvalue weighted by Crippen LogP contribution is 2.35. The molecule has 0 aliphatic rings. The summed E-state index contributed by atoms with van der Waals surface area (Å²) < 4.78 is 95.6. The van der Waals surface area contributed by atoms with E-state index < -0.39 is 319 Å². The van der Waals surface area contributed by atoms with Gasteiger partial charge in [-0.1, -0.05) is 48.5 Å². The molecule has 48 heteroatoms. The van der Waals surface area contributed by atoms with Crippen LogP contribution in [0, 0.1) is 10.8 Å². The average molecular weight is 1850 g/mol. The first-order valence-corrected chi connectivity index (χ1v) is 38.9. The highest BCUT2D eigenvalue weighted by molar-refractivity contribution is 6.24. The average Bonchev–Trinajstić information content (AvgIpc) is 0.753. The van der Waals surface area contributed by atoms with E-state index in [1.807, 2.05) is 0 Å². The molecule has 0 spiro atoms. The number of esters is 18. The van der Waals surface area contributed by atoms with Crippen LogP contribution in [0.15, 0.2) is 48.5 Å². The first kappa shape index (κ1) is 112. The van der Waals surface area contributed by atoms with Crippen molar-refractivity contribution in [3.05, 3.63) is 59.7 Å². The molecule has 718 valence electrons. The molecule has 6 amide bonds. The van der Waals surface area contributed by atoms with Crippen molar-refractivity contribution < 1.29 is 200 Å². The molecule has 2 aromatic rings. The highest BCUT2D eigenvalue weighted by atomic mass is 16.6. The monoisotopic (exact) mass is 1850 g/mol. The predicted molar refractivity (Wildman–Crippen MR) is 429 cm³/mol. The van der Waals surface area contributed by atoms with Gasteiger partial charge in [0.05, 0.1) is 0 Å². The molecule has 0 bridgehead atoms. The number of hydrogen-bond acceptors (Lipinski definition) is 42. The van der Waals surface area contributed by atoms with Gasteiger partial charge in [-0.2, -0.15) is 0 Å². The first-order chi connectivity index (χ1) is 60.4. The van der Waals surface area contributed by atoms with Crippen molar-refractivity contribution >= 4 is 143 Å². The summed E-state index contributed by atoms with van der Waals surface area (Å²) in [5.74, 6) is -31.5. The summed E-state index contributed by atoms with van der Waals surface area (Å²) in [4.78, 5) is 328. The second kappa shape index (κ2) is 51.5. The van der Waals surface area contributed by atoms with Crippen molar-refractivity contribution in [2.24, 2.45) is 10.8 Å². The summed E-state index contributed by atoms with van der Waals surface area (Å²) in [7, 11) is 0. The highest BCUT2D eigenvalue weighted by Gasteiger charge is 2.62. The van der Waals surface area contributed by atoms with Gasteiger partial charge in [-0.15, -0.1) is 0 Å². The van der Waals surface area contributed by atoms with Gasteiger partial charge >= 0.3 is 107 Å². The third kappa shape index (κ3) is 38.5. The summed E-state index contributed by atoms with van der Waals surface area (Å²) in [6, 6.07) is 9.53. The lowest BCUT2D eigenvalue weighted by molar-refractivity contribution is -0.168. The molecular formula is C82H108N6O42. The Hall–Kier alpha value is -14.3. The van der Waals surface area contributed by atoms with E-state index in [9.17, 15) is 86.3 Å². The molecule has 0 unspecified atom stereocenters. The number of carbonyl (C=O) groups is 24. The van der Waals surface area contributed by atoms with Crippen LogP contribution < -0.4 is 31.9 Å². The van der Waals surface area contributed by atoms with Gasteiger partial charge in [0.2, 0.25) is 46.3 Å². The molecule has 0 saturated carbocycles. The molecule has 48 nitrogen and oxygen atoms in total. The third-order valence-electron chi connectivity index (χ3n) is 17.7. The Morgan fingerprint density at radius 1 is 0.169 bits per heavy atom. The van der Waals surface area contributed by atoms with Gasteiger partial charge in [0.15, 0.2) is 0 Å². The van der Waals surface area contributed by atoms with E-state index >= 15 is 28.8 Å². The zero-order chi connectivity index (χ0) is 98.9. The van der Waals surface area contributed by atoms with Gasteiger partial charge in [0, 0.05) is 137 Å². The van der Waals surface area contributed by atoms with E-state index in [0.717, 1.165) is 149 Å². The number of amides is 6. The second-order valence-electron chi connectivity index (χ2n) is 30.0. The lowest BCUT2D eigenvalue weighted by Gasteiger charge is -2.41. The minimum Gasteiger partial charge on any atom is -0.463 e. The van der Waals surface area contributed by atoms with Gasteiger partial charge in [-0.3, -0.25) is 115 Å². The van der Waals surface area contributed by atoms with Crippen molar-refractivity contribution in [3.8, 4) is 11.1 Å². The Labute approximate surface area is 743 Å². The van der Waals surface area contributed by atoms with Crippen LogP contribution in [0.3, 0.4) is 0 Å². The summed E-state index contributed by atoms with van der Waals surface area (Å²) in [6.07, 6.45) is -2.72. The Morgan fingerprint density at radius 2 is 0.262 bits per heavy atom. The van der Waals surface area contributed by atoms with Crippen molar-refractivity contribution in [3.63, 3.8) is 0 Å². The Bertz CT molecular complexity index is 3590. The summed E-state index contributed by atoms with van der Waals surface area (Å²) >= 11 is 0. The molecule has 0 aliphatic heterocycles. The van der Waals surface area contributed by atoms with Gasteiger partial charge in [0.25, 0.3) is 0 Å². The Balaban J connectivity index is 3.81. The van der Waals surface area contributed by atoms with Crippen LogP contribution in [-0.4, -0.2) is 295 Å². The molecule has 6 N–H and O–H groups in total. The van der Waals surface area contributed by atoms with Crippen LogP contribution in [0.1, 0.15) is 136 Å².